The second-order valence-corrected chi connectivity index (χ2v) is 8.32. The van der Waals surface area contributed by atoms with Gasteiger partial charge < -0.3 is 10.2 Å². The van der Waals surface area contributed by atoms with E-state index in [2.05, 4.69) is 5.32 Å². The lowest BCUT2D eigenvalue weighted by atomic mass is 10.00. The van der Waals surface area contributed by atoms with Crippen molar-refractivity contribution in [3.05, 3.63) is 69.8 Å². The van der Waals surface area contributed by atoms with Gasteiger partial charge in [-0.25, -0.2) is 13.2 Å². The first-order valence-electron chi connectivity index (χ1n) is 7.83. The van der Waals surface area contributed by atoms with Crippen molar-refractivity contribution in [1.29, 1.82) is 0 Å². The Labute approximate surface area is 150 Å². The Balaban J connectivity index is 1.85. The molecule has 2 aromatic carbocycles. The van der Waals surface area contributed by atoms with Crippen molar-refractivity contribution in [3.63, 3.8) is 0 Å². The Morgan fingerprint density at radius 1 is 1.15 bits per heavy atom. The molecule has 1 atom stereocenters. The Hall–Kier alpha value is -2.94. The lowest BCUT2D eigenvalue weighted by molar-refractivity contribution is -0.384. The molecule has 0 radical (unpaired) electrons. The normalized spacial score (nSPS) is 16.7. The van der Waals surface area contributed by atoms with Gasteiger partial charge in [-0.05, 0) is 23.3 Å². The molecule has 0 saturated carbocycles. The van der Waals surface area contributed by atoms with Crippen LogP contribution in [0.3, 0.4) is 0 Å². The van der Waals surface area contributed by atoms with Crippen LogP contribution in [0.25, 0.3) is 0 Å². The standard InChI is InChI=1S/C17H17N3O5S/c1-26(24,25)16-10-12-4-2-3-5-13(12)11-19(16)17(21)18-14-6-8-15(9-7-14)20(22)23/h2-9,16H,10-11H2,1H3,(H,18,21). The van der Waals surface area contributed by atoms with Crippen LogP contribution < -0.4 is 5.32 Å². The number of nitrogens with one attached hydrogen (secondary N) is 1. The van der Waals surface area contributed by atoms with Crippen LogP contribution in [0.2, 0.25) is 0 Å². The monoisotopic (exact) mass is 375 g/mol. The third-order valence-electron chi connectivity index (χ3n) is 4.29. The van der Waals surface area contributed by atoms with Crippen LogP contribution in [0.4, 0.5) is 16.2 Å². The minimum Gasteiger partial charge on any atom is -0.308 e. The molecule has 0 bridgehead atoms. The van der Waals surface area contributed by atoms with Gasteiger partial charge in [0.15, 0.2) is 9.84 Å². The maximum absolute atomic E-state index is 12.7. The minimum atomic E-state index is -3.50. The summed E-state index contributed by atoms with van der Waals surface area (Å²) in [6.45, 7) is 0.173. The molecule has 8 nitrogen and oxygen atoms in total. The number of nitro groups is 1. The third-order valence-corrected chi connectivity index (χ3v) is 5.70. The quantitative estimate of drug-likeness (QED) is 0.655. The fraction of sp³-hybridized carbons (Fsp3) is 0.235. The number of carbonyl (C=O) groups is 1. The van der Waals surface area contributed by atoms with E-state index in [1.165, 1.54) is 29.2 Å². The summed E-state index contributed by atoms with van der Waals surface area (Å²) >= 11 is 0. The minimum absolute atomic E-state index is 0.0936. The van der Waals surface area contributed by atoms with Gasteiger partial charge in [-0.2, -0.15) is 0 Å². The van der Waals surface area contributed by atoms with E-state index in [4.69, 9.17) is 0 Å². The number of nitrogens with zero attached hydrogens (tertiary/aromatic N) is 2. The molecule has 2 aromatic rings. The highest BCUT2D eigenvalue weighted by atomic mass is 32.2. The van der Waals surface area contributed by atoms with Crippen LogP contribution in [0.15, 0.2) is 48.5 Å². The lowest BCUT2D eigenvalue weighted by Crippen LogP contribution is -2.49. The number of amides is 2. The van der Waals surface area contributed by atoms with Gasteiger partial charge in [-0.1, -0.05) is 24.3 Å². The van der Waals surface area contributed by atoms with Crippen molar-refractivity contribution < 1.29 is 18.1 Å². The summed E-state index contributed by atoms with van der Waals surface area (Å²) in [7, 11) is -3.50. The number of anilines is 1. The van der Waals surface area contributed by atoms with E-state index in [0.29, 0.717) is 5.69 Å². The molecule has 1 aliphatic rings. The number of rotatable bonds is 3. The fourth-order valence-electron chi connectivity index (χ4n) is 2.94. The summed E-state index contributed by atoms with van der Waals surface area (Å²) in [5, 5.41) is 12.3. The van der Waals surface area contributed by atoms with Gasteiger partial charge in [0.2, 0.25) is 0 Å². The van der Waals surface area contributed by atoms with Crippen molar-refractivity contribution in [2.45, 2.75) is 18.3 Å². The van der Waals surface area contributed by atoms with Gasteiger partial charge in [-0.15, -0.1) is 0 Å². The molecule has 2 amide bonds. The van der Waals surface area contributed by atoms with Gasteiger partial charge in [0.05, 0.1) is 4.92 Å². The number of fused-ring (bicyclic) bond motifs is 1. The second kappa shape index (κ2) is 6.75. The van der Waals surface area contributed by atoms with E-state index in [0.717, 1.165) is 17.4 Å². The summed E-state index contributed by atoms with van der Waals surface area (Å²) in [5.74, 6) is 0. The van der Waals surface area contributed by atoms with Crippen LogP contribution in [0.5, 0.6) is 0 Å². The van der Waals surface area contributed by atoms with E-state index in [1.54, 1.807) is 0 Å². The maximum atomic E-state index is 12.7. The van der Waals surface area contributed by atoms with Crippen molar-refractivity contribution >= 4 is 27.2 Å². The number of benzene rings is 2. The number of nitro benzene ring substituents is 1. The third kappa shape index (κ3) is 3.67. The average molecular weight is 375 g/mol. The molecule has 1 aliphatic heterocycles. The summed E-state index contributed by atoms with van der Waals surface area (Å²) in [6, 6.07) is 12.2. The van der Waals surface area contributed by atoms with E-state index in [1.807, 2.05) is 24.3 Å². The molecule has 9 heteroatoms. The van der Waals surface area contributed by atoms with E-state index >= 15 is 0 Å². The Bertz CT molecular complexity index is 957. The van der Waals surface area contributed by atoms with Crippen LogP contribution >= 0.6 is 0 Å². The van der Waals surface area contributed by atoms with Crippen LogP contribution in [0, 0.1) is 10.1 Å². The number of non-ortho nitro benzene ring substituents is 1. The lowest BCUT2D eigenvalue weighted by Gasteiger charge is -2.35. The number of hydrogen-bond donors (Lipinski definition) is 1. The summed E-state index contributed by atoms with van der Waals surface area (Å²) in [5.41, 5.74) is 2.06. The van der Waals surface area contributed by atoms with Crippen LogP contribution in [-0.2, 0) is 22.8 Å². The first-order valence-corrected chi connectivity index (χ1v) is 9.79. The molecule has 3 rings (SSSR count). The fourth-order valence-corrected chi connectivity index (χ4v) is 4.06. The van der Waals surface area contributed by atoms with Gasteiger partial charge >= 0.3 is 6.03 Å². The molecule has 0 aliphatic carbocycles. The molecule has 0 spiro atoms. The molecule has 1 heterocycles. The second-order valence-electron chi connectivity index (χ2n) is 6.12. The summed E-state index contributed by atoms with van der Waals surface area (Å²) in [4.78, 5) is 24.1. The zero-order valence-electron chi connectivity index (χ0n) is 14.0. The molecule has 1 N–H and O–H groups in total. The van der Waals surface area contributed by atoms with E-state index in [9.17, 15) is 23.3 Å². The number of hydrogen-bond acceptors (Lipinski definition) is 5. The van der Waals surface area contributed by atoms with Crippen LogP contribution in [-0.4, -0.2) is 35.9 Å². The van der Waals surface area contributed by atoms with Crippen LogP contribution in [0.1, 0.15) is 11.1 Å². The SMILES string of the molecule is CS(=O)(=O)C1Cc2ccccc2CN1C(=O)Nc1ccc([N+](=O)[O-])cc1. The Morgan fingerprint density at radius 3 is 2.35 bits per heavy atom. The first-order chi connectivity index (χ1) is 12.3. The highest BCUT2D eigenvalue weighted by Crippen LogP contribution is 2.27. The number of sulfone groups is 1. The number of carbonyl (C=O) groups excluding carboxylic acids is 1. The highest BCUT2D eigenvalue weighted by molar-refractivity contribution is 7.91. The predicted molar refractivity (Wildman–Crippen MR) is 96.4 cm³/mol. The molecule has 136 valence electrons. The van der Waals surface area contributed by atoms with Crippen molar-refractivity contribution in [2.24, 2.45) is 0 Å². The highest BCUT2D eigenvalue weighted by Gasteiger charge is 2.36. The topological polar surface area (TPSA) is 110 Å². The predicted octanol–water partition coefficient (Wildman–Crippen LogP) is 2.56. The summed E-state index contributed by atoms with van der Waals surface area (Å²) in [6.07, 6.45) is 1.33. The van der Waals surface area contributed by atoms with Gasteiger partial charge in [0.1, 0.15) is 5.37 Å². The first kappa shape index (κ1) is 17.9. The van der Waals surface area contributed by atoms with E-state index in [-0.39, 0.29) is 18.7 Å². The van der Waals surface area contributed by atoms with Crippen molar-refractivity contribution in [1.82, 2.24) is 4.90 Å². The van der Waals surface area contributed by atoms with Crippen molar-refractivity contribution in [3.8, 4) is 0 Å². The smallest absolute Gasteiger partial charge is 0.308 e. The Morgan fingerprint density at radius 2 is 1.77 bits per heavy atom. The molecule has 26 heavy (non-hydrogen) atoms. The zero-order chi connectivity index (χ0) is 18.9. The Kier molecular flexibility index (Phi) is 4.64. The molecule has 0 aromatic heterocycles. The van der Waals surface area contributed by atoms with Gasteiger partial charge in [-0.3, -0.25) is 10.1 Å². The molecule has 1 unspecified atom stereocenters. The average Bonchev–Trinajstić information content (AvgIpc) is 2.60. The van der Waals surface area contributed by atoms with Gasteiger partial charge in [0.25, 0.3) is 5.69 Å². The van der Waals surface area contributed by atoms with Gasteiger partial charge in [0, 0.05) is 37.0 Å². The summed E-state index contributed by atoms with van der Waals surface area (Å²) < 4.78 is 24.4. The van der Waals surface area contributed by atoms with E-state index < -0.39 is 26.2 Å². The molecular weight excluding hydrogens is 358 g/mol. The zero-order valence-corrected chi connectivity index (χ0v) is 14.8. The molecule has 0 fully saturated rings. The molecule has 0 saturated heterocycles. The molecular formula is C17H17N3O5S. The maximum Gasteiger partial charge on any atom is 0.323 e. The van der Waals surface area contributed by atoms with Crippen molar-refractivity contribution in [2.75, 3.05) is 11.6 Å². The number of urea groups is 1. The largest absolute Gasteiger partial charge is 0.323 e.